The molecule has 1 aliphatic heterocycles. The molecule has 3 rings (SSSR count). The number of aryl methyl sites for hydroxylation is 1. The molecule has 0 spiro atoms. The number of hydrogen-bond acceptors (Lipinski definition) is 5. The minimum absolute atomic E-state index is 0.131. The van der Waals surface area contributed by atoms with Gasteiger partial charge in [0.15, 0.2) is 0 Å². The van der Waals surface area contributed by atoms with Crippen LogP contribution in [-0.4, -0.2) is 55.5 Å². The highest BCUT2D eigenvalue weighted by Crippen LogP contribution is 2.12. The summed E-state index contributed by atoms with van der Waals surface area (Å²) < 4.78 is 3.97. The summed E-state index contributed by atoms with van der Waals surface area (Å²) in [5.74, 6) is 0.751. The summed E-state index contributed by atoms with van der Waals surface area (Å²) >= 11 is 0. The maximum Gasteiger partial charge on any atom is 0.271 e. The van der Waals surface area contributed by atoms with Crippen molar-refractivity contribution in [1.82, 2.24) is 34.8 Å². The molecule has 8 nitrogen and oxygen atoms in total. The van der Waals surface area contributed by atoms with Crippen LogP contribution in [0.1, 0.15) is 48.3 Å². The number of nitrogens with zero attached hydrogens (tertiary/aromatic N) is 6. The second-order valence-corrected chi connectivity index (χ2v) is 6.59. The minimum atomic E-state index is -0.131. The van der Waals surface area contributed by atoms with Crippen LogP contribution in [0.2, 0.25) is 0 Å². The molecular weight excluding hydrogens is 306 g/mol. The normalized spacial score (nSPS) is 15.3. The van der Waals surface area contributed by atoms with Crippen LogP contribution in [0.15, 0.2) is 12.4 Å². The monoisotopic (exact) mass is 331 g/mol. The third kappa shape index (κ3) is 3.64. The lowest BCUT2D eigenvalue weighted by atomic mass is 10.3. The number of nitrogens with one attached hydrogen (secondary N) is 1. The average Bonchev–Trinajstić information content (AvgIpc) is 3.11. The van der Waals surface area contributed by atoms with Gasteiger partial charge in [-0.3, -0.25) is 9.48 Å². The highest BCUT2D eigenvalue weighted by atomic mass is 16.1. The van der Waals surface area contributed by atoms with Gasteiger partial charge in [-0.05, 0) is 33.4 Å². The molecule has 130 valence electrons. The van der Waals surface area contributed by atoms with E-state index in [4.69, 9.17) is 0 Å². The van der Waals surface area contributed by atoms with Crippen LogP contribution < -0.4 is 5.32 Å². The van der Waals surface area contributed by atoms with Gasteiger partial charge >= 0.3 is 0 Å². The van der Waals surface area contributed by atoms with E-state index in [2.05, 4.69) is 46.4 Å². The van der Waals surface area contributed by atoms with Crippen molar-refractivity contribution in [3.63, 3.8) is 0 Å². The van der Waals surface area contributed by atoms with Crippen LogP contribution in [0, 0.1) is 0 Å². The van der Waals surface area contributed by atoms with Gasteiger partial charge in [0.25, 0.3) is 5.91 Å². The third-order valence-corrected chi connectivity index (χ3v) is 4.28. The molecule has 1 N–H and O–H groups in total. The maximum atomic E-state index is 12.3. The van der Waals surface area contributed by atoms with Crippen molar-refractivity contribution in [2.45, 2.75) is 45.8 Å². The van der Waals surface area contributed by atoms with E-state index >= 15 is 0 Å². The lowest BCUT2D eigenvalue weighted by Crippen LogP contribution is -2.27. The van der Waals surface area contributed by atoms with Crippen LogP contribution in [0.25, 0.3) is 0 Å². The van der Waals surface area contributed by atoms with Crippen molar-refractivity contribution in [2.75, 3.05) is 20.1 Å². The summed E-state index contributed by atoms with van der Waals surface area (Å²) in [7, 11) is 2.09. The lowest BCUT2D eigenvalue weighted by Gasteiger charge is -2.11. The van der Waals surface area contributed by atoms with Gasteiger partial charge in [-0.25, -0.2) is 0 Å². The number of fused-ring (bicyclic) bond motifs is 1. The Morgan fingerprint density at radius 1 is 1.38 bits per heavy atom. The van der Waals surface area contributed by atoms with E-state index in [1.165, 1.54) is 0 Å². The maximum absolute atomic E-state index is 12.3. The van der Waals surface area contributed by atoms with Gasteiger partial charge in [0.05, 0.1) is 5.69 Å². The van der Waals surface area contributed by atoms with Crippen LogP contribution in [0.3, 0.4) is 0 Å². The van der Waals surface area contributed by atoms with Gasteiger partial charge in [-0.2, -0.15) is 5.10 Å². The molecule has 2 aromatic heterocycles. The zero-order chi connectivity index (χ0) is 17.1. The predicted molar refractivity (Wildman–Crippen MR) is 89.6 cm³/mol. The Kier molecular flexibility index (Phi) is 4.94. The molecule has 0 aliphatic carbocycles. The lowest BCUT2D eigenvalue weighted by molar-refractivity contribution is 0.0948. The highest BCUT2D eigenvalue weighted by molar-refractivity contribution is 5.92. The second-order valence-electron chi connectivity index (χ2n) is 6.59. The molecule has 24 heavy (non-hydrogen) atoms. The zero-order valence-corrected chi connectivity index (χ0v) is 14.6. The number of aromatic nitrogens is 5. The summed E-state index contributed by atoms with van der Waals surface area (Å²) in [6.45, 7) is 7.44. The average molecular weight is 331 g/mol. The first kappa shape index (κ1) is 16.6. The molecule has 0 saturated carbocycles. The summed E-state index contributed by atoms with van der Waals surface area (Å²) in [5.41, 5.74) is 1.59. The van der Waals surface area contributed by atoms with Crippen molar-refractivity contribution in [3.05, 3.63) is 29.6 Å². The summed E-state index contributed by atoms with van der Waals surface area (Å²) in [5, 5.41) is 15.4. The summed E-state index contributed by atoms with van der Waals surface area (Å²) in [6, 6.07) is 2.21. The van der Waals surface area contributed by atoms with Gasteiger partial charge in [-0.1, -0.05) is 0 Å². The Balaban J connectivity index is 1.58. The first-order valence-electron chi connectivity index (χ1n) is 8.46. The molecular formula is C16H25N7O. The van der Waals surface area contributed by atoms with Crippen molar-refractivity contribution in [3.8, 4) is 0 Å². The Labute approximate surface area is 141 Å². The SMILES string of the molecule is CC(C)n1cnnc1CCNC(=O)c1cc2n(n1)CCCN(C)C2. The molecule has 0 aromatic carbocycles. The number of amides is 1. The predicted octanol–water partition coefficient (Wildman–Crippen LogP) is 0.863. The molecule has 0 unspecified atom stereocenters. The van der Waals surface area contributed by atoms with Crippen LogP contribution >= 0.6 is 0 Å². The van der Waals surface area contributed by atoms with Crippen LogP contribution in [0.5, 0.6) is 0 Å². The second kappa shape index (κ2) is 7.12. The largest absolute Gasteiger partial charge is 0.350 e. The van der Waals surface area contributed by atoms with Gasteiger partial charge in [0.2, 0.25) is 0 Å². The van der Waals surface area contributed by atoms with Crippen molar-refractivity contribution in [2.24, 2.45) is 0 Å². The van der Waals surface area contributed by atoms with Crippen molar-refractivity contribution < 1.29 is 4.79 Å². The molecule has 2 aromatic rings. The standard InChI is InChI=1S/C16H25N7O/c1-12(2)22-11-18-19-15(22)5-6-17-16(24)14-9-13-10-21(3)7-4-8-23(13)20-14/h9,11-12H,4-8,10H2,1-3H3,(H,17,24). The van der Waals surface area contributed by atoms with E-state index in [1.807, 2.05) is 15.3 Å². The topological polar surface area (TPSA) is 80.9 Å². The Morgan fingerprint density at radius 3 is 3.00 bits per heavy atom. The molecule has 0 saturated heterocycles. The van der Waals surface area contributed by atoms with E-state index in [9.17, 15) is 4.79 Å². The number of rotatable bonds is 5. The van der Waals surface area contributed by atoms with Crippen molar-refractivity contribution in [1.29, 1.82) is 0 Å². The molecule has 0 radical (unpaired) electrons. The van der Waals surface area contributed by atoms with Crippen LogP contribution in [-0.2, 0) is 19.5 Å². The highest BCUT2D eigenvalue weighted by Gasteiger charge is 2.18. The zero-order valence-electron chi connectivity index (χ0n) is 14.6. The van der Waals surface area contributed by atoms with E-state index in [0.29, 0.717) is 24.7 Å². The summed E-state index contributed by atoms with van der Waals surface area (Å²) in [6.07, 6.45) is 3.43. The minimum Gasteiger partial charge on any atom is -0.350 e. The Morgan fingerprint density at radius 2 is 2.21 bits per heavy atom. The molecule has 0 atom stereocenters. The number of carbonyl (C=O) groups excluding carboxylic acids is 1. The molecule has 1 aliphatic rings. The Hall–Kier alpha value is -2.22. The molecule has 0 bridgehead atoms. The van der Waals surface area contributed by atoms with E-state index in [0.717, 1.165) is 37.6 Å². The smallest absolute Gasteiger partial charge is 0.271 e. The third-order valence-electron chi connectivity index (χ3n) is 4.28. The fourth-order valence-corrected chi connectivity index (χ4v) is 2.99. The molecule has 3 heterocycles. The van der Waals surface area contributed by atoms with E-state index in [1.54, 1.807) is 6.33 Å². The first-order chi connectivity index (χ1) is 11.5. The van der Waals surface area contributed by atoms with Gasteiger partial charge in [-0.15, -0.1) is 10.2 Å². The van der Waals surface area contributed by atoms with Gasteiger partial charge < -0.3 is 14.8 Å². The number of hydrogen-bond donors (Lipinski definition) is 1. The number of carbonyl (C=O) groups is 1. The van der Waals surface area contributed by atoms with Crippen molar-refractivity contribution >= 4 is 5.91 Å². The molecule has 1 amide bonds. The molecule has 0 fully saturated rings. The van der Waals surface area contributed by atoms with Crippen LogP contribution in [0.4, 0.5) is 0 Å². The van der Waals surface area contributed by atoms with Gasteiger partial charge in [0, 0.05) is 38.6 Å². The first-order valence-corrected chi connectivity index (χ1v) is 8.46. The fourth-order valence-electron chi connectivity index (χ4n) is 2.99. The fraction of sp³-hybridized carbons (Fsp3) is 0.625. The van der Waals surface area contributed by atoms with E-state index < -0.39 is 0 Å². The molecule has 8 heteroatoms. The quantitative estimate of drug-likeness (QED) is 0.879. The van der Waals surface area contributed by atoms with E-state index in [-0.39, 0.29) is 5.91 Å². The summed E-state index contributed by atoms with van der Waals surface area (Å²) in [4.78, 5) is 14.6. The van der Waals surface area contributed by atoms with Gasteiger partial charge in [0.1, 0.15) is 17.8 Å². The Bertz CT molecular complexity index is 703.